The van der Waals surface area contributed by atoms with E-state index >= 15 is 0 Å². The van der Waals surface area contributed by atoms with Gasteiger partial charge in [-0.05, 0) is 55.5 Å². The molecule has 3 N–H and O–H groups in total. The second-order valence-electron chi connectivity index (χ2n) is 7.73. The Kier molecular flexibility index (Phi) is 6.76. The molecule has 2 aliphatic heterocycles. The first-order valence-corrected chi connectivity index (χ1v) is 10.5. The summed E-state index contributed by atoms with van der Waals surface area (Å²) < 4.78 is 22.1. The van der Waals surface area contributed by atoms with Crippen LogP contribution in [0.2, 0.25) is 0 Å². The molecule has 2 fully saturated rings. The van der Waals surface area contributed by atoms with Crippen LogP contribution in [0, 0.1) is 0 Å². The highest BCUT2D eigenvalue weighted by atomic mass is 16.6. The van der Waals surface area contributed by atoms with Gasteiger partial charge >= 0.3 is 12.1 Å². The fourth-order valence-corrected chi connectivity index (χ4v) is 3.77. The van der Waals surface area contributed by atoms with E-state index in [2.05, 4.69) is 16.0 Å². The topological polar surface area (TPSA) is 124 Å². The Morgan fingerprint density at radius 1 is 0.879 bits per heavy atom. The van der Waals surface area contributed by atoms with Crippen LogP contribution in [0.3, 0.4) is 0 Å². The largest absolute Gasteiger partial charge is 0.497 e. The predicted molar refractivity (Wildman–Crippen MR) is 119 cm³/mol. The molecule has 174 valence electrons. The third-order valence-corrected chi connectivity index (χ3v) is 5.47. The molecule has 0 spiro atoms. The minimum absolute atomic E-state index is 0.0482. The molecule has 0 bridgehead atoms. The van der Waals surface area contributed by atoms with Crippen LogP contribution in [-0.4, -0.2) is 62.6 Å². The zero-order chi connectivity index (χ0) is 23.4. The van der Waals surface area contributed by atoms with E-state index in [0.29, 0.717) is 22.7 Å². The van der Waals surface area contributed by atoms with Gasteiger partial charge in [0.05, 0.1) is 26.4 Å². The van der Waals surface area contributed by atoms with Crippen molar-refractivity contribution in [1.82, 2.24) is 5.32 Å². The lowest BCUT2D eigenvalue weighted by molar-refractivity contribution is 0.00873. The Morgan fingerprint density at radius 3 is 2.18 bits per heavy atom. The molecule has 4 atom stereocenters. The van der Waals surface area contributed by atoms with Crippen LogP contribution in [0.15, 0.2) is 48.5 Å². The third-order valence-electron chi connectivity index (χ3n) is 5.47. The van der Waals surface area contributed by atoms with E-state index in [1.807, 2.05) is 0 Å². The summed E-state index contributed by atoms with van der Waals surface area (Å²) in [7, 11) is 1.56. The number of carbonyl (C=O) groups excluding carboxylic acids is 3. The summed E-state index contributed by atoms with van der Waals surface area (Å²) in [6, 6.07) is 12.6. The van der Waals surface area contributed by atoms with E-state index in [0.717, 1.165) is 0 Å². The lowest BCUT2D eigenvalue weighted by atomic mass is 10.1. The molecule has 3 amide bonds. The number of methoxy groups -OCH3 is 1. The number of hydrogen-bond donors (Lipinski definition) is 3. The number of benzene rings is 2. The summed E-state index contributed by atoms with van der Waals surface area (Å²) in [6.45, 7) is 1.87. The highest BCUT2D eigenvalue weighted by Crippen LogP contribution is 2.29. The molecular formula is C23H25N3O7. The van der Waals surface area contributed by atoms with Gasteiger partial charge in [-0.3, -0.25) is 10.1 Å². The van der Waals surface area contributed by atoms with Gasteiger partial charge in [-0.25, -0.2) is 9.59 Å². The van der Waals surface area contributed by atoms with Crippen LogP contribution in [-0.2, 0) is 14.2 Å². The SMILES string of the molecule is COc1ccc(NC(=O)O[C@@H]2CO[C@H]3[C@H]2OC[C@H]3NC(=O)Nc2ccc(C(C)=O)cc2)cc1. The fourth-order valence-electron chi connectivity index (χ4n) is 3.77. The first-order valence-electron chi connectivity index (χ1n) is 10.5. The second-order valence-corrected chi connectivity index (χ2v) is 7.73. The van der Waals surface area contributed by atoms with Crippen LogP contribution >= 0.6 is 0 Å². The molecule has 2 saturated heterocycles. The Bertz CT molecular complexity index is 1010. The van der Waals surface area contributed by atoms with Crippen molar-refractivity contribution in [1.29, 1.82) is 0 Å². The van der Waals surface area contributed by atoms with Crippen molar-refractivity contribution in [2.24, 2.45) is 0 Å². The molecule has 2 heterocycles. The van der Waals surface area contributed by atoms with Gasteiger partial charge in [0.2, 0.25) is 0 Å². The van der Waals surface area contributed by atoms with Crippen LogP contribution in [0.25, 0.3) is 0 Å². The van der Waals surface area contributed by atoms with Crippen molar-refractivity contribution in [3.8, 4) is 5.75 Å². The van der Waals surface area contributed by atoms with Crippen molar-refractivity contribution in [3.05, 3.63) is 54.1 Å². The molecule has 0 aliphatic carbocycles. The molecular weight excluding hydrogens is 430 g/mol. The summed E-state index contributed by atoms with van der Waals surface area (Å²) in [5.41, 5.74) is 1.68. The lowest BCUT2D eigenvalue weighted by Gasteiger charge is -2.18. The van der Waals surface area contributed by atoms with Gasteiger partial charge in [-0.15, -0.1) is 0 Å². The second kappa shape index (κ2) is 9.88. The number of urea groups is 1. The summed E-state index contributed by atoms with van der Waals surface area (Å²) >= 11 is 0. The zero-order valence-electron chi connectivity index (χ0n) is 18.2. The molecule has 0 saturated carbocycles. The molecule has 0 radical (unpaired) electrons. The number of carbonyl (C=O) groups is 3. The molecule has 4 rings (SSSR count). The number of anilines is 2. The van der Waals surface area contributed by atoms with E-state index in [1.165, 1.54) is 6.92 Å². The van der Waals surface area contributed by atoms with E-state index in [9.17, 15) is 14.4 Å². The summed E-state index contributed by atoms with van der Waals surface area (Å²) in [5, 5.41) is 8.20. The van der Waals surface area contributed by atoms with Crippen LogP contribution in [0.4, 0.5) is 21.0 Å². The molecule has 2 aromatic rings. The maximum absolute atomic E-state index is 12.4. The van der Waals surface area contributed by atoms with Crippen molar-refractivity contribution in [2.45, 2.75) is 31.3 Å². The van der Waals surface area contributed by atoms with Crippen molar-refractivity contribution in [2.75, 3.05) is 31.0 Å². The maximum atomic E-state index is 12.4. The molecule has 2 aromatic carbocycles. The smallest absolute Gasteiger partial charge is 0.412 e. The maximum Gasteiger partial charge on any atom is 0.412 e. The van der Waals surface area contributed by atoms with Gasteiger partial charge in [-0.2, -0.15) is 0 Å². The van der Waals surface area contributed by atoms with E-state index in [4.69, 9.17) is 18.9 Å². The molecule has 33 heavy (non-hydrogen) atoms. The molecule has 0 aromatic heterocycles. The summed E-state index contributed by atoms with van der Waals surface area (Å²) in [4.78, 5) is 36.0. The van der Waals surface area contributed by atoms with E-state index in [-0.39, 0.29) is 19.0 Å². The van der Waals surface area contributed by atoms with Crippen molar-refractivity contribution < 1.29 is 33.3 Å². The van der Waals surface area contributed by atoms with Gasteiger partial charge in [-0.1, -0.05) is 0 Å². The van der Waals surface area contributed by atoms with Crippen LogP contribution in [0.5, 0.6) is 5.75 Å². The quantitative estimate of drug-likeness (QED) is 0.572. The highest BCUT2D eigenvalue weighted by molar-refractivity contribution is 5.95. The lowest BCUT2D eigenvalue weighted by Crippen LogP contribution is -2.46. The first kappa shape index (κ1) is 22.6. The van der Waals surface area contributed by atoms with E-state index < -0.39 is 36.5 Å². The number of fused-ring (bicyclic) bond motifs is 1. The molecule has 10 nitrogen and oxygen atoms in total. The Hall–Kier alpha value is -3.63. The Balaban J connectivity index is 1.26. The Morgan fingerprint density at radius 2 is 1.52 bits per heavy atom. The van der Waals surface area contributed by atoms with Crippen molar-refractivity contribution >= 4 is 29.3 Å². The van der Waals surface area contributed by atoms with Gasteiger partial charge < -0.3 is 29.6 Å². The average molecular weight is 455 g/mol. The standard InChI is InChI=1S/C23H25N3O7/c1-13(27)14-3-5-15(6-4-14)24-22(28)26-18-11-31-21-19(12-32-20(18)21)33-23(29)25-16-7-9-17(30-2)10-8-16/h3-10,18-21H,11-12H2,1-2H3,(H,25,29)(H2,24,26,28)/t18-,19-,20-,21+/m1/s1. The molecule has 10 heteroatoms. The third kappa shape index (κ3) is 5.41. The number of ether oxygens (including phenoxy) is 4. The van der Waals surface area contributed by atoms with Crippen LogP contribution in [0.1, 0.15) is 17.3 Å². The predicted octanol–water partition coefficient (Wildman–Crippen LogP) is 2.80. The fraction of sp³-hybridized carbons (Fsp3) is 0.348. The normalized spacial score (nSPS) is 23.3. The molecule has 0 unspecified atom stereocenters. The monoisotopic (exact) mass is 455 g/mol. The first-order chi connectivity index (χ1) is 15.9. The zero-order valence-corrected chi connectivity index (χ0v) is 18.2. The number of nitrogens with one attached hydrogen (secondary N) is 3. The Labute approximate surface area is 190 Å². The van der Waals surface area contributed by atoms with Gasteiger partial charge in [0.15, 0.2) is 11.9 Å². The average Bonchev–Trinajstić information content (AvgIpc) is 3.38. The summed E-state index contributed by atoms with van der Waals surface area (Å²) in [5.74, 6) is 0.629. The molecule has 2 aliphatic rings. The number of amides is 3. The number of rotatable bonds is 6. The highest BCUT2D eigenvalue weighted by Gasteiger charge is 2.50. The summed E-state index contributed by atoms with van der Waals surface area (Å²) in [6.07, 6.45) is -2.13. The minimum atomic E-state index is -0.624. The van der Waals surface area contributed by atoms with E-state index in [1.54, 1.807) is 55.6 Å². The van der Waals surface area contributed by atoms with Gasteiger partial charge in [0, 0.05) is 16.9 Å². The minimum Gasteiger partial charge on any atom is -0.497 e. The number of ketones is 1. The number of hydrogen-bond acceptors (Lipinski definition) is 7. The van der Waals surface area contributed by atoms with Gasteiger partial charge in [0.1, 0.15) is 18.0 Å². The van der Waals surface area contributed by atoms with Crippen LogP contribution < -0.4 is 20.7 Å². The number of Topliss-reactive ketones (excluding diaryl/α,β-unsaturated/α-hetero) is 1. The van der Waals surface area contributed by atoms with Gasteiger partial charge in [0.25, 0.3) is 0 Å². The van der Waals surface area contributed by atoms with Crippen molar-refractivity contribution in [3.63, 3.8) is 0 Å².